The molecule has 6 nitrogen and oxygen atoms in total. The highest BCUT2D eigenvalue weighted by molar-refractivity contribution is 9.10. The number of hydrogen-bond donors (Lipinski definition) is 3. The molecule has 0 fully saturated rings. The second-order valence-electron chi connectivity index (χ2n) is 5.52. The van der Waals surface area contributed by atoms with E-state index in [0.717, 1.165) is 10.0 Å². The van der Waals surface area contributed by atoms with Crippen molar-refractivity contribution in [1.82, 2.24) is 15.8 Å². The molecular formula is C19H15BrClN3O3. The van der Waals surface area contributed by atoms with Gasteiger partial charge in [0.2, 0.25) is 0 Å². The maximum Gasteiger partial charge on any atom is 0.286 e. The van der Waals surface area contributed by atoms with Gasteiger partial charge in [-0.05, 0) is 40.2 Å². The first-order valence-electron chi connectivity index (χ1n) is 7.94. The van der Waals surface area contributed by atoms with Crippen molar-refractivity contribution in [2.75, 3.05) is 0 Å². The van der Waals surface area contributed by atoms with Crippen molar-refractivity contribution in [3.8, 4) is 5.75 Å². The summed E-state index contributed by atoms with van der Waals surface area (Å²) in [6, 6.07) is 15.7. The van der Waals surface area contributed by atoms with Gasteiger partial charge in [-0.25, -0.2) is 0 Å². The summed E-state index contributed by atoms with van der Waals surface area (Å²) >= 11 is 9.37. The van der Waals surface area contributed by atoms with Crippen molar-refractivity contribution >= 4 is 39.3 Å². The van der Waals surface area contributed by atoms with Crippen molar-refractivity contribution in [2.45, 2.75) is 6.61 Å². The number of carbonyl (C=O) groups excluding carboxylic acids is 2. The van der Waals surface area contributed by atoms with Gasteiger partial charge in [0.1, 0.15) is 18.1 Å². The highest BCUT2D eigenvalue weighted by Crippen LogP contribution is 2.22. The van der Waals surface area contributed by atoms with Crippen LogP contribution in [0.2, 0.25) is 5.02 Å². The minimum atomic E-state index is -0.497. The molecule has 3 aromatic rings. The molecular weight excluding hydrogens is 434 g/mol. The lowest BCUT2D eigenvalue weighted by Crippen LogP contribution is -2.41. The Bertz CT molecular complexity index is 974. The monoisotopic (exact) mass is 447 g/mol. The molecule has 3 N–H and O–H groups in total. The number of halogens is 2. The first kappa shape index (κ1) is 19.0. The van der Waals surface area contributed by atoms with Gasteiger partial charge in [0.15, 0.2) is 0 Å². The Kier molecular flexibility index (Phi) is 6.16. The Balaban J connectivity index is 1.65. The largest absolute Gasteiger partial charge is 0.488 e. The minimum absolute atomic E-state index is 0.215. The maximum atomic E-state index is 12.4. The molecule has 0 saturated carbocycles. The molecule has 0 spiro atoms. The van der Waals surface area contributed by atoms with E-state index in [0.29, 0.717) is 16.5 Å². The summed E-state index contributed by atoms with van der Waals surface area (Å²) in [6.07, 6.45) is 1.62. The zero-order valence-electron chi connectivity index (χ0n) is 14.0. The number of carbonyl (C=O) groups is 2. The molecule has 2 aromatic carbocycles. The molecule has 0 unspecified atom stereocenters. The van der Waals surface area contributed by atoms with Crippen molar-refractivity contribution in [1.29, 1.82) is 0 Å². The van der Waals surface area contributed by atoms with E-state index in [1.54, 1.807) is 42.6 Å². The first-order valence-corrected chi connectivity index (χ1v) is 9.11. The lowest BCUT2D eigenvalue weighted by atomic mass is 10.2. The van der Waals surface area contributed by atoms with Gasteiger partial charge >= 0.3 is 0 Å². The lowest BCUT2D eigenvalue weighted by molar-refractivity contribution is 0.0841. The van der Waals surface area contributed by atoms with E-state index in [2.05, 4.69) is 31.8 Å². The van der Waals surface area contributed by atoms with Crippen LogP contribution in [0.5, 0.6) is 5.75 Å². The molecule has 27 heavy (non-hydrogen) atoms. The van der Waals surface area contributed by atoms with Crippen molar-refractivity contribution < 1.29 is 14.3 Å². The van der Waals surface area contributed by atoms with Crippen LogP contribution in [-0.4, -0.2) is 16.8 Å². The summed E-state index contributed by atoms with van der Waals surface area (Å²) < 4.78 is 6.48. The summed E-state index contributed by atoms with van der Waals surface area (Å²) in [7, 11) is 0. The third-order valence-electron chi connectivity index (χ3n) is 3.65. The van der Waals surface area contributed by atoms with E-state index in [-0.39, 0.29) is 12.2 Å². The smallest absolute Gasteiger partial charge is 0.286 e. The molecule has 0 aliphatic heterocycles. The van der Waals surface area contributed by atoms with E-state index in [9.17, 15) is 9.59 Å². The van der Waals surface area contributed by atoms with E-state index in [4.69, 9.17) is 16.3 Å². The first-order chi connectivity index (χ1) is 13.0. The van der Waals surface area contributed by atoms with Crippen molar-refractivity contribution in [2.24, 2.45) is 0 Å². The molecule has 0 bridgehead atoms. The van der Waals surface area contributed by atoms with Crippen LogP contribution in [0, 0.1) is 0 Å². The molecule has 0 saturated heterocycles. The van der Waals surface area contributed by atoms with Crippen LogP contribution in [0.15, 0.2) is 65.3 Å². The predicted octanol–water partition coefficient (Wildman–Crippen LogP) is 4.08. The molecule has 0 atom stereocenters. The Hall–Kier alpha value is -2.77. The van der Waals surface area contributed by atoms with Gasteiger partial charge in [0, 0.05) is 21.3 Å². The van der Waals surface area contributed by atoms with E-state index < -0.39 is 11.8 Å². The molecule has 8 heteroatoms. The van der Waals surface area contributed by atoms with Crippen LogP contribution >= 0.6 is 27.5 Å². The molecule has 0 radical (unpaired) electrons. The zero-order valence-corrected chi connectivity index (χ0v) is 16.3. The molecule has 138 valence electrons. The third-order valence-corrected chi connectivity index (χ3v) is 4.48. The number of ether oxygens (including phenoxy) is 1. The van der Waals surface area contributed by atoms with E-state index >= 15 is 0 Å². The van der Waals surface area contributed by atoms with Crippen molar-refractivity contribution in [3.05, 3.63) is 87.1 Å². The van der Waals surface area contributed by atoms with Crippen LogP contribution in [0.3, 0.4) is 0 Å². The lowest BCUT2D eigenvalue weighted by Gasteiger charge is -2.12. The van der Waals surface area contributed by atoms with Crippen LogP contribution in [0.4, 0.5) is 0 Å². The Morgan fingerprint density at radius 2 is 1.74 bits per heavy atom. The summed E-state index contributed by atoms with van der Waals surface area (Å²) in [4.78, 5) is 27.2. The number of H-pyrrole nitrogens is 1. The van der Waals surface area contributed by atoms with Crippen LogP contribution in [0.25, 0.3) is 0 Å². The van der Waals surface area contributed by atoms with Crippen LogP contribution < -0.4 is 15.6 Å². The zero-order chi connectivity index (χ0) is 19.2. The Morgan fingerprint density at radius 3 is 2.48 bits per heavy atom. The number of benzene rings is 2. The van der Waals surface area contributed by atoms with Gasteiger partial charge in [0.05, 0.1) is 5.56 Å². The average Bonchev–Trinajstić information content (AvgIpc) is 3.12. The van der Waals surface area contributed by atoms with E-state index in [1.165, 1.54) is 0 Å². The van der Waals surface area contributed by atoms with Crippen LogP contribution in [-0.2, 0) is 6.61 Å². The highest BCUT2D eigenvalue weighted by atomic mass is 79.9. The predicted molar refractivity (Wildman–Crippen MR) is 106 cm³/mol. The summed E-state index contributed by atoms with van der Waals surface area (Å²) in [5, 5.41) is 0.587. The third kappa shape index (κ3) is 4.90. The van der Waals surface area contributed by atoms with Gasteiger partial charge in [-0.3, -0.25) is 20.4 Å². The fraction of sp³-hybridized carbons (Fsp3) is 0.0526. The highest BCUT2D eigenvalue weighted by Gasteiger charge is 2.14. The number of rotatable bonds is 5. The topological polar surface area (TPSA) is 83.2 Å². The van der Waals surface area contributed by atoms with Gasteiger partial charge in [-0.2, -0.15) is 0 Å². The number of hydrogen-bond acceptors (Lipinski definition) is 3. The quantitative estimate of drug-likeness (QED) is 0.514. The Morgan fingerprint density at radius 1 is 1.04 bits per heavy atom. The molecule has 1 aromatic heterocycles. The number of nitrogens with one attached hydrogen (secondary N) is 3. The summed E-state index contributed by atoms with van der Waals surface area (Å²) in [5.41, 5.74) is 6.14. The fourth-order valence-electron chi connectivity index (χ4n) is 2.30. The molecule has 1 heterocycles. The number of amides is 2. The van der Waals surface area contributed by atoms with Gasteiger partial charge in [-0.15, -0.1) is 0 Å². The Labute approximate surface area is 169 Å². The SMILES string of the molecule is O=C(NNC(=O)c1ccccc1OCc1ccccc1Cl)c1cc(Br)c[nH]1. The molecule has 0 aliphatic rings. The van der Waals surface area contributed by atoms with Gasteiger partial charge < -0.3 is 9.72 Å². The molecule has 3 rings (SSSR count). The van der Waals surface area contributed by atoms with Crippen LogP contribution in [0.1, 0.15) is 26.4 Å². The summed E-state index contributed by atoms with van der Waals surface area (Å²) in [6.45, 7) is 0.215. The second-order valence-corrected chi connectivity index (χ2v) is 6.84. The average molecular weight is 449 g/mol. The molecule has 0 aliphatic carbocycles. The van der Waals surface area contributed by atoms with E-state index in [1.807, 2.05) is 18.2 Å². The number of aromatic amines is 1. The van der Waals surface area contributed by atoms with Gasteiger partial charge in [-0.1, -0.05) is 41.9 Å². The maximum absolute atomic E-state index is 12.4. The number of para-hydroxylation sites is 1. The molecule has 2 amide bonds. The normalized spacial score (nSPS) is 10.3. The fourth-order valence-corrected chi connectivity index (χ4v) is 2.83. The minimum Gasteiger partial charge on any atom is -0.488 e. The second kappa shape index (κ2) is 8.75. The summed E-state index contributed by atoms with van der Waals surface area (Å²) in [5.74, 6) is -0.584. The number of aromatic nitrogens is 1. The number of hydrazine groups is 1. The standard InChI is InChI=1S/C19H15BrClN3O3/c20-13-9-16(22-10-13)19(26)24-23-18(25)14-6-2-4-8-17(14)27-11-12-5-1-3-7-15(12)21/h1-10,22H,11H2,(H,23,25)(H,24,26). The van der Waals surface area contributed by atoms with Gasteiger partial charge in [0.25, 0.3) is 11.8 Å². The van der Waals surface area contributed by atoms with Crippen molar-refractivity contribution in [3.63, 3.8) is 0 Å².